The highest BCUT2D eigenvalue weighted by Crippen LogP contribution is 2.29. The van der Waals surface area contributed by atoms with Crippen molar-refractivity contribution >= 4 is 11.6 Å². The summed E-state index contributed by atoms with van der Waals surface area (Å²) in [6.45, 7) is 4.53. The minimum Gasteiger partial charge on any atom is -0.378 e. The molecule has 3 atom stereocenters. The van der Waals surface area contributed by atoms with Crippen LogP contribution in [-0.4, -0.2) is 22.9 Å². The molecule has 1 saturated heterocycles. The van der Waals surface area contributed by atoms with Crippen LogP contribution in [0.2, 0.25) is 0 Å². The lowest BCUT2D eigenvalue weighted by Gasteiger charge is -1.98. The van der Waals surface area contributed by atoms with Crippen molar-refractivity contribution in [2.75, 3.05) is 6.61 Å². The molecule has 1 aromatic rings. The van der Waals surface area contributed by atoms with Gasteiger partial charge in [-0.05, 0) is 20.3 Å². The van der Waals surface area contributed by atoms with Gasteiger partial charge < -0.3 is 9.26 Å². The van der Waals surface area contributed by atoms with Crippen molar-refractivity contribution in [1.82, 2.24) is 10.1 Å². The van der Waals surface area contributed by atoms with Gasteiger partial charge in [0, 0.05) is 0 Å². The predicted octanol–water partition coefficient (Wildman–Crippen LogP) is 2.26. The lowest BCUT2D eigenvalue weighted by atomic mass is 10.1. The number of rotatable bonds is 2. The highest BCUT2D eigenvalue weighted by atomic mass is 35.5. The van der Waals surface area contributed by atoms with Crippen molar-refractivity contribution in [3.63, 3.8) is 0 Å². The number of hydrogen-bond acceptors (Lipinski definition) is 4. The van der Waals surface area contributed by atoms with Gasteiger partial charge in [0.05, 0.1) is 24.0 Å². The maximum absolute atomic E-state index is 5.84. The first-order chi connectivity index (χ1) is 6.66. The number of alkyl halides is 1. The van der Waals surface area contributed by atoms with Crippen LogP contribution in [0.1, 0.15) is 43.3 Å². The van der Waals surface area contributed by atoms with Crippen molar-refractivity contribution in [2.45, 2.75) is 37.7 Å². The molecule has 0 amide bonds. The number of nitrogens with zero attached hydrogens (tertiary/aromatic N) is 2. The zero-order valence-corrected chi connectivity index (χ0v) is 8.99. The van der Waals surface area contributed by atoms with Crippen molar-refractivity contribution in [1.29, 1.82) is 0 Å². The molecule has 2 rings (SSSR count). The molecule has 1 aliphatic rings. The molecule has 2 heterocycles. The van der Waals surface area contributed by atoms with E-state index < -0.39 is 0 Å². The molecule has 1 aliphatic heterocycles. The van der Waals surface area contributed by atoms with Crippen LogP contribution >= 0.6 is 11.6 Å². The minimum absolute atomic E-state index is 0.202. The molecule has 0 N–H and O–H groups in total. The van der Waals surface area contributed by atoms with Crippen molar-refractivity contribution in [3.05, 3.63) is 11.7 Å². The van der Waals surface area contributed by atoms with E-state index in [1.165, 1.54) is 0 Å². The van der Waals surface area contributed by atoms with Gasteiger partial charge in [-0.15, -0.1) is 11.6 Å². The van der Waals surface area contributed by atoms with Gasteiger partial charge in [0.25, 0.3) is 0 Å². The summed E-state index contributed by atoms with van der Waals surface area (Å²) < 4.78 is 10.6. The van der Waals surface area contributed by atoms with Crippen LogP contribution in [0.5, 0.6) is 0 Å². The third-order valence-corrected chi connectivity index (χ3v) is 2.56. The smallest absolute Gasteiger partial charge is 0.232 e. The Labute approximate surface area is 87.6 Å². The van der Waals surface area contributed by atoms with Crippen LogP contribution in [0.4, 0.5) is 0 Å². The molecule has 1 aromatic heterocycles. The topological polar surface area (TPSA) is 48.2 Å². The van der Waals surface area contributed by atoms with Gasteiger partial charge >= 0.3 is 0 Å². The Bertz CT molecular complexity index is 314. The molecular weight excluding hydrogens is 204 g/mol. The van der Waals surface area contributed by atoms with E-state index in [9.17, 15) is 0 Å². The van der Waals surface area contributed by atoms with Gasteiger partial charge in [0.2, 0.25) is 5.89 Å². The molecular formula is C9H13ClN2O2. The van der Waals surface area contributed by atoms with E-state index in [1.807, 2.05) is 13.8 Å². The largest absolute Gasteiger partial charge is 0.378 e. The van der Waals surface area contributed by atoms with E-state index in [4.69, 9.17) is 20.9 Å². The minimum atomic E-state index is -0.202. The van der Waals surface area contributed by atoms with Crippen LogP contribution in [0, 0.1) is 0 Å². The zero-order valence-electron chi connectivity index (χ0n) is 8.24. The quantitative estimate of drug-likeness (QED) is 0.712. The highest BCUT2D eigenvalue weighted by Gasteiger charge is 2.28. The summed E-state index contributed by atoms with van der Waals surface area (Å²) >= 11 is 5.84. The molecule has 0 radical (unpaired) electrons. The first kappa shape index (κ1) is 9.93. The summed E-state index contributed by atoms with van der Waals surface area (Å²) in [5, 5.41) is 3.61. The number of hydrogen-bond donors (Lipinski definition) is 0. The molecule has 4 nitrogen and oxygen atoms in total. The van der Waals surface area contributed by atoms with Gasteiger partial charge in [0.1, 0.15) is 0 Å². The lowest BCUT2D eigenvalue weighted by molar-refractivity contribution is 0.122. The third kappa shape index (κ3) is 1.91. The molecule has 14 heavy (non-hydrogen) atoms. The van der Waals surface area contributed by atoms with E-state index in [-0.39, 0.29) is 17.4 Å². The summed E-state index contributed by atoms with van der Waals surface area (Å²) in [5.74, 6) is 1.44. The van der Waals surface area contributed by atoms with Gasteiger partial charge in [-0.2, -0.15) is 4.98 Å². The molecule has 5 heteroatoms. The number of ether oxygens (including phenoxy) is 1. The van der Waals surface area contributed by atoms with E-state index in [0.717, 1.165) is 6.42 Å². The van der Waals surface area contributed by atoms with E-state index in [2.05, 4.69) is 10.1 Å². The van der Waals surface area contributed by atoms with E-state index >= 15 is 0 Å². The summed E-state index contributed by atoms with van der Waals surface area (Å²) in [5.41, 5.74) is 0. The number of aromatic nitrogens is 2. The van der Waals surface area contributed by atoms with Crippen molar-refractivity contribution in [2.24, 2.45) is 0 Å². The maximum atomic E-state index is 5.84. The van der Waals surface area contributed by atoms with Crippen LogP contribution < -0.4 is 0 Å². The van der Waals surface area contributed by atoms with E-state index in [0.29, 0.717) is 18.3 Å². The van der Waals surface area contributed by atoms with Crippen LogP contribution in [0.15, 0.2) is 4.52 Å². The SMILES string of the molecule is CC1CC(c2nc(C(C)Cl)no2)CO1. The predicted molar refractivity (Wildman–Crippen MR) is 51.3 cm³/mol. The molecule has 0 bridgehead atoms. The normalized spacial score (nSPS) is 29.4. The van der Waals surface area contributed by atoms with Gasteiger partial charge in [-0.25, -0.2) is 0 Å². The fourth-order valence-electron chi connectivity index (χ4n) is 1.56. The fourth-order valence-corrected chi connectivity index (χ4v) is 1.65. The Hall–Kier alpha value is -0.610. The van der Waals surface area contributed by atoms with Gasteiger partial charge in [0.15, 0.2) is 5.82 Å². The summed E-state index contributed by atoms with van der Waals surface area (Å²) in [4.78, 5) is 4.24. The Morgan fingerprint density at radius 3 is 2.86 bits per heavy atom. The first-order valence-corrected chi connectivity index (χ1v) is 5.19. The monoisotopic (exact) mass is 216 g/mol. The maximum Gasteiger partial charge on any atom is 0.232 e. The molecule has 78 valence electrons. The second-order valence-electron chi connectivity index (χ2n) is 3.68. The third-order valence-electron chi connectivity index (χ3n) is 2.36. The van der Waals surface area contributed by atoms with Crippen LogP contribution in [0.3, 0.4) is 0 Å². The van der Waals surface area contributed by atoms with Crippen LogP contribution in [-0.2, 0) is 4.74 Å². The van der Waals surface area contributed by atoms with Crippen molar-refractivity contribution in [3.8, 4) is 0 Å². The molecule has 0 aromatic carbocycles. The summed E-state index contributed by atoms with van der Waals surface area (Å²) in [6.07, 6.45) is 1.22. The molecule has 0 saturated carbocycles. The summed E-state index contributed by atoms with van der Waals surface area (Å²) in [6, 6.07) is 0. The Balaban J connectivity index is 2.09. The zero-order chi connectivity index (χ0) is 10.1. The van der Waals surface area contributed by atoms with E-state index in [1.54, 1.807) is 0 Å². The Morgan fingerprint density at radius 2 is 2.36 bits per heavy atom. The van der Waals surface area contributed by atoms with Gasteiger partial charge in [-0.1, -0.05) is 5.16 Å². The number of halogens is 1. The Kier molecular flexibility index (Phi) is 2.74. The summed E-state index contributed by atoms with van der Waals surface area (Å²) in [7, 11) is 0. The second-order valence-corrected chi connectivity index (χ2v) is 4.34. The van der Waals surface area contributed by atoms with Crippen LogP contribution in [0.25, 0.3) is 0 Å². The van der Waals surface area contributed by atoms with Gasteiger partial charge in [-0.3, -0.25) is 0 Å². The Morgan fingerprint density at radius 1 is 1.57 bits per heavy atom. The average Bonchev–Trinajstić information content (AvgIpc) is 2.70. The molecule has 1 fully saturated rings. The second kappa shape index (κ2) is 3.87. The fraction of sp³-hybridized carbons (Fsp3) is 0.778. The van der Waals surface area contributed by atoms with Crippen molar-refractivity contribution < 1.29 is 9.26 Å². The average molecular weight is 217 g/mol. The highest BCUT2D eigenvalue weighted by molar-refractivity contribution is 6.20. The lowest BCUT2D eigenvalue weighted by Crippen LogP contribution is -1.98. The standard InChI is InChI=1S/C9H13ClN2O2/c1-5-3-7(4-13-5)9-11-8(6(2)10)12-14-9/h5-7H,3-4H2,1-2H3. The molecule has 0 aliphatic carbocycles. The molecule has 0 spiro atoms. The molecule has 3 unspecified atom stereocenters. The first-order valence-electron chi connectivity index (χ1n) is 4.76.